The van der Waals surface area contributed by atoms with E-state index in [9.17, 15) is 14.9 Å². The molecule has 0 bridgehead atoms. The molecule has 3 rings (SSSR count). The molecular formula is C17H12Cl2N4O3. The Balaban J connectivity index is 1.77. The molecule has 1 heterocycles. The molecule has 9 heteroatoms. The number of non-ortho nitro benzene ring substituents is 1. The summed E-state index contributed by atoms with van der Waals surface area (Å²) >= 11 is 11.9. The SMILES string of the molecule is O=C(Nc1ccnn1Cc1ccc(Cl)cc1)c1ccc([N+](=O)[O-])cc1Cl. The van der Waals surface area contributed by atoms with E-state index in [2.05, 4.69) is 10.4 Å². The molecule has 0 atom stereocenters. The van der Waals surface area contributed by atoms with Crippen molar-refractivity contribution in [3.63, 3.8) is 0 Å². The minimum absolute atomic E-state index is 0.000432. The lowest BCUT2D eigenvalue weighted by atomic mass is 10.2. The van der Waals surface area contributed by atoms with E-state index in [1.165, 1.54) is 12.1 Å². The molecule has 7 nitrogen and oxygen atoms in total. The maximum Gasteiger partial charge on any atom is 0.270 e. The zero-order chi connectivity index (χ0) is 18.7. The van der Waals surface area contributed by atoms with Crippen LogP contribution in [-0.4, -0.2) is 20.6 Å². The molecule has 0 aliphatic carbocycles. The van der Waals surface area contributed by atoms with Crippen LogP contribution in [0.1, 0.15) is 15.9 Å². The Morgan fingerprint density at radius 3 is 2.54 bits per heavy atom. The molecule has 0 saturated heterocycles. The molecular weight excluding hydrogens is 379 g/mol. The van der Waals surface area contributed by atoms with E-state index in [0.717, 1.165) is 11.6 Å². The number of rotatable bonds is 5. The number of amides is 1. The summed E-state index contributed by atoms with van der Waals surface area (Å²) in [5.74, 6) is -0.0119. The van der Waals surface area contributed by atoms with Gasteiger partial charge in [-0.2, -0.15) is 5.10 Å². The molecule has 0 saturated carbocycles. The third-order valence-electron chi connectivity index (χ3n) is 3.61. The first-order valence-corrected chi connectivity index (χ1v) is 8.21. The van der Waals surface area contributed by atoms with Gasteiger partial charge in [0.05, 0.1) is 28.3 Å². The maximum absolute atomic E-state index is 12.4. The van der Waals surface area contributed by atoms with E-state index in [-0.39, 0.29) is 16.3 Å². The van der Waals surface area contributed by atoms with Crippen molar-refractivity contribution in [3.05, 3.63) is 86.0 Å². The van der Waals surface area contributed by atoms with Gasteiger partial charge < -0.3 is 5.32 Å². The molecule has 26 heavy (non-hydrogen) atoms. The van der Waals surface area contributed by atoms with Crippen LogP contribution in [0.4, 0.5) is 11.5 Å². The number of aromatic nitrogens is 2. The smallest absolute Gasteiger partial charge is 0.270 e. The summed E-state index contributed by atoms with van der Waals surface area (Å²) in [6.45, 7) is 0.438. The average molecular weight is 391 g/mol. The van der Waals surface area contributed by atoms with Crippen molar-refractivity contribution in [2.24, 2.45) is 0 Å². The number of nitrogens with zero attached hydrogens (tertiary/aromatic N) is 3. The normalized spacial score (nSPS) is 10.5. The Kier molecular flexibility index (Phi) is 5.20. The van der Waals surface area contributed by atoms with Crippen LogP contribution in [0.15, 0.2) is 54.7 Å². The summed E-state index contributed by atoms with van der Waals surface area (Å²) in [5, 5.41) is 18.3. The van der Waals surface area contributed by atoms with Crippen molar-refractivity contribution in [1.29, 1.82) is 0 Å². The lowest BCUT2D eigenvalue weighted by Gasteiger charge is -2.10. The summed E-state index contributed by atoms with van der Waals surface area (Å²) in [6, 6.07) is 12.6. The fourth-order valence-corrected chi connectivity index (χ4v) is 2.70. The molecule has 3 aromatic rings. The van der Waals surface area contributed by atoms with Crippen LogP contribution in [0.3, 0.4) is 0 Å². The average Bonchev–Trinajstić information content (AvgIpc) is 3.03. The number of nitro benzene ring substituents is 1. The predicted octanol–water partition coefficient (Wildman–Crippen LogP) is 4.40. The molecule has 0 radical (unpaired) electrons. The Labute approximate surface area is 158 Å². The minimum Gasteiger partial charge on any atom is -0.307 e. The predicted molar refractivity (Wildman–Crippen MR) is 98.8 cm³/mol. The van der Waals surface area contributed by atoms with E-state index in [1.54, 1.807) is 29.1 Å². The molecule has 0 aliphatic heterocycles. The quantitative estimate of drug-likeness (QED) is 0.516. The van der Waals surface area contributed by atoms with Gasteiger partial charge in [0, 0.05) is 23.2 Å². The number of carbonyl (C=O) groups excluding carboxylic acids is 1. The van der Waals surface area contributed by atoms with E-state index in [1.807, 2.05) is 12.1 Å². The molecule has 1 amide bonds. The van der Waals surface area contributed by atoms with Crippen LogP contribution in [0.2, 0.25) is 10.0 Å². The number of halogens is 2. The lowest BCUT2D eigenvalue weighted by Crippen LogP contribution is -2.16. The first-order chi connectivity index (χ1) is 12.4. The summed E-state index contributed by atoms with van der Waals surface area (Å²) in [4.78, 5) is 22.6. The summed E-state index contributed by atoms with van der Waals surface area (Å²) in [6.07, 6.45) is 1.56. The van der Waals surface area contributed by atoms with Crippen molar-refractivity contribution < 1.29 is 9.72 Å². The highest BCUT2D eigenvalue weighted by atomic mass is 35.5. The van der Waals surface area contributed by atoms with E-state index >= 15 is 0 Å². The van der Waals surface area contributed by atoms with E-state index in [0.29, 0.717) is 17.4 Å². The standard InChI is InChI=1S/C17H12Cl2N4O3/c18-12-3-1-11(2-4-12)10-22-16(7-8-20-22)21-17(24)14-6-5-13(23(25)26)9-15(14)19/h1-9H,10H2,(H,21,24). The van der Waals surface area contributed by atoms with Crippen molar-refractivity contribution >= 4 is 40.6 Å². The largest absolute Gasteiger partial charge is 0.307 e. The highest BCUT2D eigenvalue weighted by Crippen LogP contribution is 2.23. The van der Waals surface area contributed by atoms with Gasteiger partial charge in [-0.25, -0.2) is 4.68 Å². The lowest BCUT2D eigenvalue weighted by molar-refractivity contribution is -0.384. The Morgan fingerprint density at radius 1 is 1.15 bits per heavy atom. The summed E-state index contributed by atoms with van der Waals surface area (Å²) in [5.41, 5.74) is 0.915. The highest BCUT2D eigenvalue weighted by molar-refractivity contribution is 6.34. The maximum atomic E-state index is 12.4. The van der Waals surface area contributed by atoms with Gasteiger partial charge in [-0.15, -0.1) is 0 Å². The number of nitro groups is 1. The molecule has 0 aliphatic rings. The molecule has 1 aromatic heterocycles. The fraction of sp³-hybridized carbons (Fsp3) is 0.0588. The zero-order valence-corrected chi connectivity index (χ0v) is 14.7. The second-order valence-corrected chi connectivity index (χ2v) is 6.22. The minimum atomic E-state index is -0.575. The van der Waals surface area contributed by atoms with Crippen LogP contribution in [0, 0.1) is 10.1 Å². The first kappa shape index (κ1) is 17.9. The number of benzene rings is 2. The van der Waals surface area contributed by atoms with Gasteiger partial charge in [-0.1, -0.05) is 35.3 Å². The molecule has 132 valence electrons. The van der Waals surface area contributed by atoms with Crippen molar-refractivity contribution in [3.8, 4) is 0 Å². The van der Waals surface area contributed by atoms with Gasteiger partial charge in [0.15, 0.2) is 0 Å². The third-order valence-corrected chi connectivity index (χ3v) is 4.18. The second kappa shape index (κ2) is 7.55. The number of hydrogen-bond donors (Lipinski definition) is 1. The number of carbonyl (C=O) groups is 1. The van der Waals surface area contributed by atoms with Gasteiger partial charge >= 0.3 is 0 Å². The zero-order valence-electron chi connectivity index (χ0n) is 13.2. The van der Waals surface area contributed by atoms with E-state index in [4.69, 9.17) is 23.2 Å². The summed E-state index contributed by atoms with van der Waals surface area (Å²) in [7, 11) is 0. The fourth-order valence-electron chi connectivity index (χ4n) is 2.31. The number of hydrogen-bond acceptors (Lipinski definition) is 4. The second-order valence-electron chi connectivity index (χ2n) is 5.38. The van der Waals surface area contributed by atoms with Gasteiger partial charge in [0.1, 0.15) is 5.82 Å². The Bertz CT molecular complexity index is 970. The Hall–Kier alpha value is -2.90. The first-order valence-electron chi connectivity index (χ1n) is 7.45. The monoisotopic (exact) mass is 390 g/mol. The van der Waals surface area contributed by atoms with Gasteiger partial charge in [0.25, 0.3) is 11.6 Å². The molecule has 2 aromatic carbocycles. The third kappa shape index (κ3) is 4.01. The van der Waals surface area contributed by atoms with Crippen molar-refractivity contribution in [2.45, 2.75) is 6.54 Å². The van der Waals surface area contributed by atoms with Crippen LogP contribution >= 0.6 is 23.2 Å². The van der Waals surface area contributed by atoms with Gasteiger partial charge in [-0.05, 0) is 23.8 Å². The van der Waals surface area contributed by atoms with E-state index < -0.39 is 10.8 Å². The van der Waals surface area contributed by atoms with Crippen molar-refractivity contribution in [1.82, 2.24) is 9.78 Å². The molecule has 0 spiro atoms. The van der Waals surface area contributed by atoms with Gasteiger partial charge in [-0.3, -0.25) is 14.9 Å². The van der Waals surface area contributed by atoms with Crippen LogP contribution in [-0.2, 0) is 6.54 Å². The van der Waals surface area contributed by atoms with Crippen molar-refractivity contribution in [2.75, 3.05) is 5.32 Å². The van der Waals surface area contributed by atoms with Crippen LogP contribution < -0.4 is 5.32 Å². The Morgan fingerprint density at radius 2 is 1.88 bits per heavy atom. The number of nitrogens with one attached hydrogen (secondary N) is 1. The molecule has 0 fully saturated rings. The summed E-state index contributed by atoms with van der Waals surface area (Å²) < 4.78 is 1.61. The molecule has 0 unspecified atom stereocenters. The van der Waals surface area contributed by atoms with Crippen LogP contribution in [0.25, 0.3) is 0 Å². The van der Waals surface area contributed by atoms with Crippen LogP contribution in [0.5, 0.6) is 0 Å². The van der Waals surface area contributed by atoms with Gasteiger partial charge in [0.2, 0.25) is 0 Å². The number of anilines is 1. The topological polar surface area (TPSA) is 90.1 Å². The molecule has 1 N–H and O–H groups in total. The highest BCUT2D eigenvalue weighted by Gasteiger charge is 2.16.